The Labute approximate surface area is 157 Å². The van der Waals surface area contributed by atoms with Crippen molar-refractivity contribution in [2.45, 2.75) is 26.0 Å². The van der Waals surface area contributed by atoms with E-state index in [-0.39, 0.29) is 17.6 Å². The highest BCUT2D eigenvalue weighted by Crippen LogP contribution is 2.22. The largest absolute Gasteiger partial charge is 0.378 e. The van der Waals surface area contributed by atoms with Gasteiger partial charge in [-0.2, -0.15) is 0 Å². The normalized spacial score (nSPS) is 11.7. The number of rotatable bonds is 7. The Kier molecular flexibility index (Phi) is 6.68. The summed E-state index contributed by atoms with van der Waals surface area (Å²) in [6, 6.07) is 7.49. The zero-order valence-electron chi connectivity index (χ0n) is 15.6. The van der Waals surface area contributed by atoms with Gasteiger partial charge < -0.3 is 20.1 Å². The molecule has 0 aliphatic carbocycles. The Morgan fingerprint density at radius 1 is 1.23 bits per heavy atom. The summed E-state index contributed by atoms with van der Waals surface area (Å²) in [5.41, 5.74) is 2.83. The van der Waals surface area contributed by atoms with Gasteiger partial charge in [0, 0.05) is 31.5 Å². The third-order valence-corrected chi connectivity index (χ3v) is 4.86. The number of aromatic nitrogens is 1. The van der Waals surface area contributed by atoms with Gasteiger partial charge in [-0.05, 0) is 44.5 Å². The van der Waals surface area contributed by atoms with Crippen LogP contribution in [0, 0.1) is 13.8 Å². The SMILES string of the molecule is Cc1cc(NC(=O)C(C)SCC(=O)Nc2ccc(N(C)C)cc2C)no1. The van der Waals surface area contributed by atoms with Crippen molar-refractivity contribution in [3.8, 4) is 0 Å². The van der Waals surface area contributed by atoms with E-state index in [0.717, 1.165) is 16.9 Å². The molecule has 2 aromatic rings. The molecule has 0 aliphatic heterocycles. The quantitative estimate of drug-likeness (QED) is 0.772. The van der Waals surface area contributed by atoms with Gasteiger partial charge >= 0.3 is 0 Å². The van der Waals surface area contributed by atoms with E-state index in [1.54, 1.807) is 19.9 Å². The van der Waals surface area contributed by atoms with Gasteiger partial charge in [0.05, 0.1) is 11.0 Å². The van der Waals surface area contributed by atoms with E-state index in [0.29, 0.717) is 11.6 Å². The molecule has 2 N–H and O–H groups in total. The number of aryl methyl sites for hydroxylation is 2. The molecule has 1 heterocycles. The van der Waals surface area contributed by atoms with E-state index >= 15 is 0 Å². The summed E-state index contributed by atoms with van der Waals surface area (Å²) >= 11 is 1.26. The number of anilines is 3. The average molecular weight is 376 g/mol. The average Bonchev–Trinajstić information content (AvgIpc) is 2.99. The molecule has 2 rings (SSSR count). The van der Waals surface area contributed by atoms with Crippen LogP contribution >= 0.6 is 11.8 Å². The van der Waals surface area contributed by atoms with Gasteiger partial charge in [-0.3, -0.25) is 9.59 Å². The molecular formula is C18H24N4O3S. The standard InChI is InChI=1S/C18H24N4O3S/c1-11-8-14(22(4)5)6-7-15(11)19-17(23)10-26-13(3)18(24)20-16-9-12(2)25-21-16/h6-9,13H,10H2,1-5H3,(H,19,23)(H,20,21,24). The van der Waals surface area contributed by atoms with Crippen LogP contribution in [-0.2, 0) is 9.59 Å². The second-order valence-corrected chi connectivity index (χ2v) is 7.54. The van der Waals surface area contributed by atoms with Crippen molar-refractivity contribution >= 4 is 40.8 Å². The number of hydrogen-bond acceptors (Lipinski definition) is 6. The van der Waals surface area contributed by atoms with Gasteiger partial charge in [-0.15, -0.1) is 11.8 Å². The monoisotopic (exact) mass is 376 g/mol. The minimum absolute atomic E-state index is 0.146. The lowest BCUT2D eigenvalue weighted by Crippen LogP contribution is -2.25. The van der Waals surface area contributed by atoms with Crippen LogP contribution in [0.25, 0.3) is 0 Å². The summed E-state index contributed by atoms with van der Waals surface area (Å²) in [7, 11) is 3.94. The predicted molar refractivity (Wildman–Crippen MR) is 106 cm³/mol. The lowest BCUT2D eigenvalue weighted by molar-refractivity contribution is -0.115. The number of nitrogens with one attached hydrogen (secondary N) is 2. The lowest BCUT2D eigenvalue weighted by atomic mass is 10.1. The Morgan fingerprint density at radius 2 is 1.96 bits per heavy atom. The molecule has 0 aliphatic rings. The van der Waals surface area contributed by atoms with Crippen LogP contribution in [-0.4, -0.2) is 42.1 Å². The van der Waals surface area contributed by atoms with E-state index in [1.165, 1.54) is 11.8 Å². The van der Waals surface area contributed by atoms with Crippen molar-refractivity contribution in [2.24, 2.45) is 0 Å². The molecule has 0 radical (unpaired) electrons. The summed E-state index contributed by atoms with van der Waals surface area (Å²) in [6.07, 6.45) is 0. The topological polar surface area (TPSA) is 87.5 Å². The van der Waals surface area contributed by atoms with Gasteiger partial charge in [0.15, 0.2) is 5.82 Å². The first kappa shape index (κ1) is 19.8. The maximum Gasteiger partial charge on any atom is 0.238 e. The molecule has 0 saturated heterocycles. The predicted octanol–water partition coefficient (Wildman–Crippen LogP) is 3.06. The number of benzene rings is 1. The molecule has 7 nitrogen and oxygen atoms in total. The van der Waals surface area contributed by atoms with Crippen molar-refractivity contribution < 1.29 is 14.1 Å². The molecule has 2 amide bonds. The molecule has 1 aromatic carbocycles. The molecule has 0 fully saturated rings. The van der Waals surface area contributed by atoms with Crippen LogP contribution in [0.1, 0.15) is 18.2 Å². The van der Waals surface area contributed by atoms with Gasteiger partial charge in [0.1, 0.15) is 5.76 Å². The molecule has 0 bridgehead atoms. The minimum Gasteiger partial charge on any atom is -0.378 e. The van der Waals surface area contributed by atoms with Crippen molar-refractivity contribution in [1.29, 1.82) is 0 Å². The molecule has 1 aromatic heterocycles. The van der Waals surface area contributed by atoms with Crippen LogP contribution in [0.5, 0.6) is 0 Å². The molecule has 1 unspecified atom stereocenters. The van der Waals surface area contributed by atoms with E-state index < -0.39 is 5.25 Å². The maximum absolute atomic E-state index is 12.2. The molecular weight excluding hydrogens is 352 g/mol. The number of nitrogens with zero attached hydrogens (tertiary/aromatic N) is 2. The summed E-state index contributed by atoms with van der Waals surface area (Å²) < 4.78 is 4.91. The Balaban J connectivity index is 1.83. The Bertz CT molecular complexity index is 788. The second kappa shape index (κ2) is 8.75. The fourth-order valence-corrected chi connectivity index (χ4v) is 2.87. The smallest absolute Gasteiger partial charge is 0.238 e. The van der Waals surface area contributed by atoms with Crippen molar-refractivity contribution in [2.75, 3.05) is 35.4 Å². The Morgan fingerprint density at radius 3 is 2.54 bits per heavy atom. The lowest BCUT2D eigenvalue weighted by Gasteiger charge is -2.16. The van der Waals surface area contributed by atoms with Crippen molar-refractivity contribution in [3.63, 3.8) is 0 Å². The third-order valence-electron chi connectivity index (χ3n) is 3.71. The van der Waals surface area contributed by atoms with E-state index in [1.807, 2.05) is 44.1 Å². The molecule has 8 heteroatoms. The molecule has 0 saturated carbocycles. The van der Waals surface area contributed by atoms with E-state index in [9.17, 15) is 9.59 Å². The maximum atomic E-state index is 12.2. The summed E-state index contributed by atoms with van der Waals surface area (Å²) in [5.74, 6) is 0.813. The van der Waals surface area contributed by atoms with Crippen LogP contribution in [0.3, 0.4) is 0 Å². The Hall–Kier alpha value is -2.48. The zero-order valence-corrected chi connectivity index (χ0v) is 16.4. The highest BCUT2D eigenvalue weighted by atomic mass is 32.2. The zero-order chi connectivity index (χ0) is 19.3. The van der Waals surface area contributed by atoms with Crippen molar-refractivity contribution in [1.82, 2.24) is 5.16 Å². The van der Waals surface area contributed by atoms with E-state index in [2.05, 4.69) is 15.8 Å². The van der Waals surface area contributed by atoms with Gasteiger partial charge in [0.25, 0.3) is 0 Å². The van der Waals surface area contributed by atoms with Crippen LogP contribution in [0.2, 0.25) is 0 Å². The first-order valence-electron chi connectivity index (χ1n) is 8.20. The number of carbonyl (C=O) groups is 2. The minimum atomic E-state index is -0.394. The second-order valence-electron chi connectivity index (χ2n) is 6.21. The summed E-state index contributed by atoms with van der Waals surface area (Å²) in [6.45, 7) is 5.45. The molecule has 0 spiro atoms. The molecule has 140 valence electrons. The van der Waals surface area contributed by atoms with Crippen LogP contribution < -0.4 is 15.5 Å². The number of carbonyl (C=O) groups excluding carboxylic acids is 2. The number of amides is 2. The van der Waals surface area contributed by atoms with Gasteiger partial charge in [-0.25, -0.2) is 0 Å². The fourth-order valence-electron chi connectivity index (χ4n) is 2.18. The highest BCUT2D eigenvalue weighted by molar-refractivity contribution is 8.01. The van der Waals surface area contributed by atoms with Gasteiger partial charge in [-0.1, -0.05) is 5.16 Å². The van der Waals surface area contributed by atoms with E-state index in [4.69, 9.17) is 4.52 Å². The number of thioether (sulfide) groups is 1. The first-order chi connectivity index (χ1) is 12.3. The molecule has 1 atom stereocenters. The highest BCUT2D eigenvalue weighted by Gasteiger charge is 2.17. The fraction of sp³-hybridized carbons (Fsp3) is 0.389. The summed E-state index contributed by atoms with van der Waals surface area (Å²) in [5, 5.41) is 8.87. The van der Waals surface area contributed by atoms with Gasteiger partial charge in [0.2, 0.25) is 11.8 Å². The number of hydrogen-bond donors (Lipinski definition) is 2. The van der Waals surface area contributed by atoms with Crippen molar-refractivity contribution in [3.05, 3.63) is 35.6 Å². The molecule has 26 heavy (non-hydrogen) atoms. The third kappa shape index (κ3) is 5.52. The summed E-state index contributed by atoms with van der Waals surface area (Å²) in [4.78, 5) is 26.3. The van der Waals surface area contributed by atoms with Crippen LogP contribution in [0.15, 0.2) is 28.8 Å². The first-order valence-corrected chi connectivity index (χ1v) is 9.24. The van der Waals surface area contributed by atoms with Crippen LogP contribution in [0.4, 0.5) is 17.2 Å².